The fraction of sp³-hybridized carbons (Fsp3) is 0.735. The van der Waals surface area contributed by atoms with Crippen LogP contribution in [0, 0.1) is 29.6 Å². The minimum atomic E-state index is -1.19. The molecular weight excluding hydrogens is 666 g/mol. The molecule has 3 amide bonds. The third-order valence-corrected chi connectivity index (χ3v) is 8.60. The van der Waals surface area contributed by atoms with Crippen LogP contribution in [-0.4, -0.2) is 95.4 Å². The van der Waals surface area contributed by atoms with E-state index in [0.717, 1.165) is 0 Å². The van der Waals surface area contributed by atoms with Crippen LogP contribution in [0.1, 0.15) is 98.3 Å². The highest BCUT2D eigenvalue weighted by Gasteiger charge is 2.34. The number of nitrogens with zero attached hydrogens (tertiary/aromatic N) is 1. The van der Waals surface area contributed by atoms with Crippen LogP contribution >= 0.6 is 0 Å². The summed E-state index contributed by atoms with van der Waals surface area (Å²) in [6.07, 6.45) is -0.656. The predicted octanol–water partition coefficient (Wildman–Crippen LogP) is 0.262. The summed E-state index contributed by atoms with van der Waals surface area (Å²) < 4.78 is 0. The summed E-state index contributed by atoms with van der Waals surface area (Å²) >= 11 is 0. The second kappa shape index (κ2) is 24.7. The lowest BCUT2D eigenvalue weighted by Gasteiger charge is -2.27. The van der Waals surface area contributed by atoms with E-state index in [-0.39, 0.29) is 62.9 Å². The van der Waals surface area contributed by atoms with Crippen molar-refractivity contribution in [2.24, 2.45) is 51.8 Å². The van der Waals surface area contributed by atoms with E-state index >= 15 is 0 Å². The topological polar surface area (TPSA) is 304 Å². The summed E-state index contributed by atoms with van der Waals surface area (Å²) in [6.45, 7) is 7.08. The molecule has 0 unspecified atom stereocenters. The van der Waals surface area contributed by atoms with Gasteiger partial charge in [-0.1, -0.05) is 34.1 Å². The molecule has 0 spiro atoms. The maximum atomic E-state index is 13.7. The van der Waals surface area contributed by atoms with Gasteiger partial charge in [0.2, 0.25) is 17.7 Å². The van der Waals surface area contributed by atoms with E-state index in [1.807, 2.05) is 13.8 Å². The van der Waals surface area contributed by atoms with Gasteiger partial charge in [0.05, 0.1) is 18.6 Å². The van der Waals surface area contributed by atoms with Crippen LogP contribution in [0.25, 0.3) is 0 Å². The number of carbonyl (C=O) groups excluding carboxylic acids is 6. The lowest BCUT2D eigenvalue weighted by molar-refractivity contribution is -0.139. The van der Waals surface area contributed by atoms with Gasteiger partial charge in [0.25, 0.3) is 0 Å². The zero-order valence-corrected chi connectivity index (χ0v) is 30.6. The van der Waals surface area contributed by atoms with Crippen molar-refractivity contribution in [3.8, 4) is 0 Å². The van der Waals surface area contributed by atoms with Gasteiger partial charge in [-0.15, -0.1) is 0 Å². The summed E-state index contributed by atoms with van der Waals surface area (Å²) in [7, 11) is 1.47. The Hall–Kier alpha value is -4.41. The Labute approximate surface area is 299 Å². The molecule has 0 bridgehead atoms. The molecule has 17 heteroatoms. The number of rotatable bonds is 28. The molecule has 0 radical (unpaired) electrons. The van der Waals surface area contributed by atoms with Crippen molar-refractivity contribution in [1.29, 1.82) is 0 Å². The fourth-order valence-electron chi connectivity index (χ4n) is 5.48. The zero-order valence-electron chi connectivity index (χ0n) is 30.6. The molecule has 51 heavy (non-hydrogen) atoms. The van der Waals surface area contributed by atoms with E-state index in [9.17, 15) is 43.5 Å². The summed E-state index contributed by atoms with van der Waals surface area (Å²) in [5.74, 6) is -8.60. The van der Waals surface area contributed by atoms with Gasteiger partial charge in [0.1, 0.15) is 5.78 Å². The van der Waals surface area contributed by atoms with Crippen LogP contribution in [0.2, 0.25) is 0 Å². The number of aliphatic imine (C=N–C) groups is 1. The first kappa shape index (κ1) is 46.6. The molecule has 17 nitrogen and oxygen atoms in total. The van der Waals surface area contributed by atoms with Gasteiger partial charge in [0, 0.05) is 63.5 Å². The van der Waals surface area contributed by atoms with Gasteiger partial charge in [-0.25, -0.2) is 0 Å². The normalized spacial score (nSPS) is 14.6. The van der Waals surface area contributed by atoms with Crippen LogP contribution < -0.4 is 33.2 Å². The van der Waals surface area contributed by atoms with E-state index in [0.29, 0.717) is 19.3 Å². The molecule has 0 aromatic heterocycles. The largest absolute Gasteiger partial charge is 0.481 e. The molecule has 0 heterocycles. The molecule has 11 N–H and O–H groups in total. The molecule has 0 saturated heterocycles. The number of aliphatic carboxylic acids is 2. The number of guanidine groups is 1. The molecular formula is C34H59N7O10. The minimum absolute atomic E-state index is 0.112. The monoisotopic (exact) mass is 725 g/mol. The highest BCUT2D eigenvalue weighted by atomic mass is 16.4. The SMILES string of the molecule is CC[C@H](C)[C@H](NC(=O)[C@H](CCCN=C(N)N)CC(=O)[C@@H](N)CCC(=O)O)C(=O)C[C@@H](CCC(=O)O)C(=O)NCC(=O)C[C@@H](CC(C)C)C(=O)NC. The minimum Gasteiger partial charge on any atom is -0.481 e. The lowest BCUT2D eigenvalue weighted by Crippen LogP contribution is -2.49. The molecule has 0 fully saturated rings. The van der Waals surface area contributed by atoms with Gasteiger partial charge >= 0.3 is 11.9 Å². The van der Waals surface area contributed by atoms with Crippen molar-refractivity contribution < 1.29 is 48.6 Å². The van der Waals surface area contributed by atoms with E-state index in [2.05, 4.69) is 20.9 Å². The number of nitrogens with two attached hydrogens (primary N) is 3. The molecule has 0 aliphatic heterocycles. The van der Waals surface area contributed by atoms with E-state index in [1.165, 1.54) is 7.05 Å². The highest BCUT2D eigenvalue weighted by Crippen LogP contribution is 2.21. The van der Waals surface area contributed by atoms with Gasteiger partial charge in [-0.05, 0) is 43.9 Å². The van der Waals surface area contributed by atoms with E-state index < -0.39 is 96.2 Å². The first-order chi connectivity index (χ1) is 23.8. The van der Waals surface area contributed by atoms with Crippen molar-refractivity contribution in [3.63, 3.8) is 0 Å². The Bertz CT molecular complexity index is 1240. The zero-order chi connectivity index (χ0) is 39.3. The van der Waals surface area contributed by atoms with Crippen LogP contribution in [0.5, 0.6) is 0 Å². The maximum absolute atomic E-state index is 13.7. The third-order valence-electron chi connectivity index (χ3n) is 8.60. The Kier molecular flexibility index (Phi) is 22.6. The molecule has 0 aliphatic rings. The molecule has 0 aromatic rings. The standard InChI is InChI=1S/C34H59N7O10/c1-6-20(4)30(41-33(51)21(8-7-13-39-34(36)37)16-26(43)25(35)10-12-29(47)48)27(44)17-22(9-11-28(45)46)32(50)40-18-24(42)15-23(14-19(2)3)31(49)38-5/h19-23,25,30H,6-18,35H2,1-5H3,(H,38,49)(H,40,50)(H,41,51)(H,45,46)(H,47,48)(H4,36,37,39)/t20-,21+,22+,23+,25-,30-/m0/s1. The first-order valence-electron chi connectivity index (χ1n) is 17.4. The van der Waals surface area contributed by atoms with E-state index in [4.69, 9.17) is 22.3 Å². The second-order valence-corrected chi connectivity index (χ2v) is 13.4. The number of Topliss-reactive ketones (excluding diaryl/α,β-unsaturated/α-hetero) is 3. The quantitative estimate of drug-likeness (QED) is 0.0305. The number of nitrogens with one attached hydrogen (secondary N) is 3. The van der Waals surface area contributed by atoms with Crippen LogP contribution in [-0.2, 0) is 38.4 Å². The number of hydrogen-bond acceptors (Lipinski definition) is 10. The van der Waals surface area contributed by atoms with Gasteiger partial charge < -0.3 is 43.4 Å². The Morgan fingerprint density at radius 1 is 0.745 bits per heavy atom. The summed E-state index contributed by atoms with van der Waals surface area (Å²) in [5, 5.41) is 26.0. The van der Waals surface area contributed by atoms with Crippen molar-refractivity contribution in [2.75, 3.05) is 20.1 Å². The molecule has 6 atom stereocenters. The molecule has 0 aromatic carbocycles. The average molecular weight is 726 g/mol. The molecule has 0 aliphatic carbocycles. The molecule has 290 valence electrons. The van der Waals surface area contributed by atoms with Crippen molar-refractivity contribution >= 4 is 53.0 Å². The number of hydrogen-bond donors (Lipinski definition) is 8. The molecule has 0 rings (SSSR count). The van der Waals surface area contributed by atoms with Crippen LogP contribution in [0.15, 0.2) is 4.99 Å². The average Bonchev–Trinajstić information content (AvgIpc) is 3.06. The Morgan fingerprint density at radius 2 is 1.31 bits per heavy atom. The molecule has 0 saturated carbocycles. The smallest absolute Gasteiger partial charge is 0.303 e. The summed E-state index contributed by atoms with van der Waals surface area (Å²) in [4.78, 5) is 105. The number of ketones is 3. The van der Waals surface area contributed by atoms with Crippen molar-refractivity contribution in [3.05, 3.63) is 0 Å². The van der Waals surface area contributed by atoms with Gasteiger partial charge in [-0.3, -0.25) is 43.3 Å². The van der Waals surface area contributed by atoms with Crippen LogP contribution in [0.3, 0.4) is 0 Å². The first-order valence-corrected chi connectivity index (χ1v) is 17.4. The number of carboxylic acids is 2. The number of carboxylic acid groups (broad SMARTS) is 2. The van der Waals surface area contributed by atoms with Gasteiger partial charge in [-0.2, -0.15) is 0 Å². The van der Waals surface area contributed by atoms with Crippen molar-refractivity contribution in [2.45, 2.75) is 110 Å². The van der Waals surface area contributed by atoms with Gasteiger partial charge in [0.15, 0.2) is 17.5 Å². The third kappa shape index (κ3) is 20.1. The number of amides is 3. The summed E-state index contributed by atoms with van der Waals surface area (Å²) in [6, 6.07) is -2.23. The van der Waals surface area contributed by atoms with Crippen molar-refractivity contribution in [1.82, 2.24) is 16.0 Å². The summed E-state index contributed by atoms with van der Waals surface area (Å²) in [5.41, 5.74) is 16.7. The highest BCUT2D eigenvalue weighted by molar-refractivity contribution is 5.96. The van der Waals surface area contributed by atoms with E-state index in [1.54, 1.807) is 13.8 Å². The lowest BCUT2D eigenvalue weighted by atomic mass is 9.86. The Balaban J connectivity index is 5.98. The number of carbonyl (C=O) groups is 8. The predicted molar refractivity (Wildman–Crippen MR) is 189 cm³/mol. The maximum Gasteiger partial charge on any atom is 0.303 e. The second-order valence-electron chi connectivity index (χ2n) is 13.4. The fourth-order valence-corrected chi connectivity index (χ4v) is 5.48. The Morgan fingerprint density at radius 3 is 1.84 bits per heavy atom. The van der Waals surface area contributed by atoms with Crippen LogP contribution in [0.4, 0.5) is 0 Å².